The predicted octanol–water partition coefficient (Wildman–Crippen LogP) is 3.53. The van der Waals surface area contributed by atoms with Crippen molar-refractivity contribution in [2.24, 2.45) is 0 Å². The molecule has 0 atom stereocenters. The second kappa shape index (κ2) is 5.01. The average Bonchev–Trinajstić information content (AvgIpc) is 2.13. The SMILES string of the molecule is C[Si](C)(C)/C=C\CNc1ccccc1. The van der Waals surface area contributed by atoms with Gasteiger partial charge in [0.15, 0.2) is 0 Å². The minimum atomic E-state index is -1.02. The Hall–Kier alpha value is -1.02. The molecule has 1 nitrogen and oxygen atoms in total. The molecule has 1 rings (SSSR count). The highest BCUT2D eigenvalue weighted by atomic mass is 28.3. The first-order chi connectivity index (χ1) is 6.58. The minimum Gasteiger partial charge on any atom is -0.382 e. The topological polar surface area (TPSA) is 12.0 Å². The minimum absolute atomic E-state index is 0.925. The Morgan fingerprint density at radius 2 is 1.79 bits per heavy atom. The number of nitrogens with one attached hydrogen (secondary N) is 1. The zero-order valence-corrected chi connectivity index (χ0v) is 10.2. The lowest BCUT2D eigenvalue weighted by Crippen LogP contribution is -2.16. The molecule has 2 heteroatoms. The summed E-state index contributed by atoms with van der Waals surface area (Å²) in [5.41, 5.74) is 3.55. The van der Waals surface area contributed by atoms with Crippen LogP contribution in [-0.2, 0) is 0 Å². The number of hydrogen-bond donors (Lipinski definition) is 1. The van der Waals surface area contributed by atoms with Gasteiger partial charge in [-0.05, 0) is 12.1 Å². The average molecular weight is 205 g/mol. The van der Waals surface area contributed by atoms with E-state index in [0.717, 1.165) is 6.54 Å². The second-order valence-electron chi connectivity index (χ2n) is 4.52. The molecule has 0 saturated heterocycles. The smallest absolute Gasteiger partial charge is 0.0683 e. The Labute approximate surface area is 87.9 Å². The molecule has 1 aromatic rings. The summed E-state index contributed by atoms with van der Waals surface area (Å²) < 4.78 is 0. The van der Waals surface area contributed by atoms with Gasteiger partial charge in [0.25, 0.3) is 0 Å². The molecule has 76 valence electrons. The second-order valence-corrected chi connectivity index (χ2v) is 9.58. The van der Waals surface area contributed by atoms with Gasteiger partial charge in [-0.25, -0.2) is 0 Å². The third kappa shape index (κ3) is 4.87. The molecule has 0 heterocycles. The molecule has 0 spiro atoms. The summed E-state index contributed by atoms with van der Waals surface area (Å²) in [7, 11) is -1.02. The van der Waals surface area contributed by atoms with Gasteiger partial charge >= 0.3 is 0 Å². The van der Waals surface area contributed by atoms with Gasteiger partial charge in [-0.2, -0.15) is 0 Å². The normalized spacial score (nSPS) is 11.9. The van der Waals surface area contributed by atoms with Gasteiger partial charge in [0.1, 0.15) is 0 Å². The Morgan fingerprint density at radius 1 is 1.14 bits per heavy atom. The fourth-order valence-electron chi connectivity index (χ4n) is 1.15. The van der Waals surface area contributed by atoms with Crippen LogP contribution in [0, 0.1) is 0 Å². The molecule has 0 aromatic heterocycles. The van der Waals surface area contributed by atoms with E-state index in [1.54, 1.807) is 0 Å². The highest BCUT2D eigenvalue weighted by molar-refractivity contribution is 6.80. The van der Waals surface area contributed by atoms with E-state index in [2.05, 4.69) is 48.9 Å². The lowest BCUT2D eigenvalue weighted by molar-refractivity contribution is 1.34. The van der Waals surface area contributed by atoms with Gasteiger partial charge in [-0.15, -0.1) is 0 Å². The van der Waals surface area contributed by atoms with Crippen molar-refractivity contribution >= 4 is 13.8 Å². The summed E-state index contributed by atoms with van der Waals surface area (Å²) in [6.45, 7) is 7.94. The van der Waals surface area contributed by atoms with Gasteiger partial charge in [0, 0.05) is 12.2 Å². The molecule has 1 aromatic carbocycles. The number of benzene rings is 1. The number of anilines is 1. The van der Waals surface area contributed by atoms with Crippen LogP contribution in [0.3, 0.4) is 0 Å². The standard InChI is InChI=1S/C12H19NSi/c1-14(2,3)11-7-10-13-12-8-5-4-6-9-12/h4-9,11,13H,10H2,1-3H3/b11-7-. The molecular weight excluding hydrogens is 186 g/mol. The van der Waals surface area contributed by atoms with Gasteiger partial charge in [-0.3, -0.25) is 0 Å². The first-order valence-electron chi connectivity index (χ1n) is 5.04. The summed E-state index contributed by atoms with van der Waals surface area (Å²) in [5.74, 6) is 0. The largest absolute Gasteiger partial charge is 0.382 e. The molecular formula is C12H19NSi. The van der Waals surface area contributed by atoms with E-state index >= 15 is 0 Å². The van der Waals surface area contributed by atoms with Crippen molar-refractivity contribution in [1.82, 2.24) is 0 Å². The summed E-state index contributed by atoms with van der Waals surface area (Å²) >= 11 is 0. The molecule has 0 unspecified atom stereocenters. The lowest BCUT2D eigenvalue weighted by atomic mass is 10.3. The molecule has 0 amide bonds. The molecule has 0 saturated carbocycles. The van der Waals surface area contributed by atoms with E-state index < -0.39 is 8.07 Å². The van der Waals surface area contributed by atoms with E-state index in [9.17, 15) is 0 Å². The fourth-order valence-corrected chi connectivity index (χ4v) is 1.97. The quantitative estimate of drug-likeness (QED) is 0.741. The molecule has 0 aliphatic rings. The summed E-state index contributed by atoms with van der Waals surface area (Å²) in [6.07, 6.45) is 2.24. The van der Waals surface area contributed by atoms with E-state index in [4.69, 9.17) is 0 Å². The Bertz CT molecular complexity index is 285. The first-order valence-corrected chi connectivity index (χ1v) is 8.62. The van der Waals surface area contributed by atoms with E-state index in [-0.39, 0.29) is 0 Å². The van der Waals surface area contributed by atoms with Crippen molar-refractivity contribution in [3.05, 3.63) is 42.1 Å². The zero-order chi connectivity index (χ0) is 10.4. The maximum atomic E-state index is 3.35. The highest BCUT2D eigenvalue weighted by Gasteiger charge is 2.05. The van der Waals surface area contributed by atoms with Crippen LogP contribution in [0.25, 0.3) is 0 Å². The molecule has 0 aliphatic heterocycles. The van der Waals surface area contributed by atoms with Gasteiger partial charge < -0.3 is 5.32 Å². The van der Waals surface area contributed by atoms with E-state index in [0.29, 0.717) is 0 Å². The first kappa shape index (κ1) is 11.1. The van der Waals surface area contributed by atoms with Crippen LogP contribution < -0.4 is 5.32 Å². The van der Waals surface area contributed by atoms with Crippen LogP contribution in [0.1, 0.15) is 0 Å². The van der Waals surface area contributed by atoms with Crippen molar-refractivity contribution < 1.29 is 0 Å². The zero-order valence-electron chi connectivity index (χ0n) is 9.25. The van der Waals surface area contributed by atoms with Gasteiger partial charge in [0.2, 0.25) is 0 Å². The summed E-state index contributed by atoms with van der Waals surface area (Å²) in [6, 6.07) is 10.3. The van der Waals surface area contributed by atoms with Crippen LogP contribution in [0.5, 0.6) is 0 Å². The van der Waals surface area contributed by atoms with Crippen molar-refractivity contribution in [3.8, 4) is 0 Å². The fraction of sp³-hybridized carbons (Fsp3) is 0.333. The Balaban J connectivity index is 2.33. The molecule has 0 fully saturated rings. The lowest BCUT2D eigenvalue weighted by Gasteiger charge is -2.08. The van der Waals surface area contributed by atoms with Crippen molar-refractivity contribution in [2.75, 3.05) is 11.9 Å². The molecule has 0 radical (unpaired) electrons. The van der Waals surface area contributed by atoms with Crippen molar-refractivity contribution in [3.63, 3.8) is 0 Å². The third-order valence-corrected chi connectivity index (χ3v) is 3.05. The Kier molecular flexibility index (Phi) is 3.95. The predicted molar refractivity (Wildman–Crippen MR) is 67.4 cm³/mol. The van der Waals surface area contributed by atoms with Crippen LogP contribution in [0.15, 0.2) is 42.1 Å². The maximum absolute atomic E-state index is 3.35. The molecule has 0 aliphatic carbocycles. The van der Waals surface area contributed by atoms with Crippen molar-refractivity contribution in [1.29, 1.82) is 0 Å². The van der Waals surface area contributed by atoms with Crippen LogP contribution in [0.2, 0.25) is 19.6 Å². The number of hydrogen-bond acceptors (Lipinski definition) is 1. The van der Waals surface area contributed by atoms with Crippen LogP contribution in [0.4, 0.5) is 5.69 Å². The highest BCUT2D eigenvalue weighted by Crippen LogP contribution is 2.05. The monoisotopic (exact) mass is 205 g/mol. The molecule has 1 N–H and O–H groups in total. The van der Waals surface area contributed by atoms with E-state index in [1.165, 1.54) is 5.69 Å². The van der Waals surface area contributed by atoms with Crippen molar-refractivity contribution in [2.45, 2.75) is 19.6 Å². The Morgan fingerprint density at radius 3 is 2.36 bits per heavy atom. The molecule has 14 heavy (non-hydrogen) atoms. The number of rotatable bonds is 4. The number of para-hydroxylation sites is 1. The van der Waals surface area contributed by atoms with Gasteiger partial charge in [0.05, 0.1) is 8.07 Å². The summed E-state index contributed by atoms with van der Waals surface area (Å²) in [4.78, 5) is 0. The van der Waals surface area contributed by atoms with E-state index in [1.807, 2.05) is 18.2 Å². The third-order valence-electron chi connectivity index (χ3n) is 1.82. The van der Waals surface area contributed by atoms with Crippen LogP contribution >= 0.6 is 0 Å². The van der Waals surface area contributed by atoms with Crippen LogP contribution in [-0.4, -0.2) is 14.6 Å². The molecule has 0 bridgehead atoms. The maximum Gasteiger partial charge on any atom is 0.0683 e. The van der Waals surface area contributed by atoms with Gasteiger partial charge in [-0.1, -0.05) is 49.6 Å². The summed E-state index contributed by atoms with van der Waals surface area (Å²) in [5, 5.41) is 3.35.